The number of aromatic nitrogens is 1. The number of rotatable bonds is 5. The number of esters is 1. The highest BCUT2D eigenvalue weighted by Crippen LogP contribution is 2.29. The average molecular weight is 340 g/mol. The van der Waals surface area contributed by atoms with Crippen LogP contribution in [0.5, 0.6) is 0 Å². The van der Waals surface area contributed by atoms with Crippen molar-refractivity contribution < 1.29 is 9.53 Å². The van der Waals surface area contributed by atoms with Gasteiger partial charge in [0.2, 0.25) is 0 Å². The van der Waals surface area contributed by atoms with Crippen LogP contribution in [0.25, 0.3) is 10.2 Å². The largest absolute Gasteiger partial charge is 0.465 e. The Balaban J connectivity index is 1.76. The Hall–Kier alpha value is -2.24. The summed E-state index contributed by atoms with van der Waals surface area (Å²) in [5, 5.41) is 1.10. The second kappa shape index (κ2) is 7.11. The van der Waals surface area contributed by atoms with Crippen molar-refractivity contribution in [1.82, 2.24) is 9.88 Å². The molecule has 1 heterocycles. The third-order valence-corrected chi connectivity index (χ3v) is 5.32. The van der Waals surface area contributed by atoms with Crippen molar-refractivity contribution in [1.29, 1.82) is 0 Å². The summed E-state index contributed by atoms with van der Waals surface area (Å²) < 4.78 is 5.99. The first-order chi connectivity index (χ1) is 11.6. The molecule has 0 spiro atoms. The van der Waals surface area contributed by atoms with Crippen LogP contribution in [0, 0.1) is 0 Å². The maximum atomic E-state index is 11.7. The van der Waals surface area contributed by atoms with Gasteiger partial charge in [-0.3, -0.25) is 4.90 Å². The predicted molar refractivity (Wildman–Crippen MR) is 97.3 cm³/mol. The minimum absolute atomic E-state index is 0.198. The summed E-state index contributed by atoms with van der Waals surface area (Å²) >= 11 is 1.73. The third kappa shape index (κ3) is 3.47. The zero-order chi connectivity index (χ0) is 17.1. The van der Waals surface area contributed by atoms with E-state index in [4.69, 9.17) is 9.72 Å². The zero-order valence-electron chi connectivity index (χ0n) is 14.0. The Morgan fingerprint density at radius 2 is 2.04 bits per heavy atom. The Labute approximate surface area is 145 Å². The third-order valence-electron chi connectivity index (χ3n) is 4.11. The van der Waals surface area contributed by atoms with Crippen molar-refractivity contribution in [2.45, 2.75) is 19.5 Å². The van der Waals surface area contributed by atoms with E-state index in [0.717, 1.165) is 22.6 Å². The molecule has 0 aliphatic rings. The molecule has 24 heavy (non-hydrogen) atoms. The molecule has 0 aliphatic carbocycles. The minimum Gasteiger partial charge on any atom is -0.465 e. The molecule has 4 nitrogen and oxygen atoms in total. The van der Waals surface area contributed by atoms with Crippen LogP contribution in [0.3, 0.4) is 0 Å². The van der Waals surface area contributed by atoms with Crippen molar-refractivity contribution in [2.75, 3.05) is 14.2 Å². The normalized spacial score (nSPS) is 12.5. The molecule has 3 aromatic rings. The number of carbonyl (C=O) groups is 1. The highest BCUT2D eigenvalue weighted by atomic mass is 32.1. The lowest BCUT2D eigenvalue weighted by atomic mass is 10.1. The number of benzene rings is 2. The van der Waals surface area contributed by atoms with Crippen LogP contribution < -0.4 is 0 Å². The van der Waals surface area contributed by atoms with Crippen LogP contribution in [0.2, 0.25) is 0 Å². The molecule has 1 aromatic heterocycles. The molecule has 0 bridgehead atoms. The lowest BCUT2D eigenvalue weighted by molar-refractivity contribution is 0.0600. The van der Waals surface area contributed by atoms with E-state index in [1.54, 1.807) is 17.4 Å². The molecule has 0 saturated carbocycles. The zero-order valence-corrected chi connectivity index (χ0v) is 14.8. The molecular weight excluding hydrogens is 320 g/mol. The number of hydrogen-bond donors (Lipinski definition) is 0. The van der Waals surface area contributed by atoms with Crippen molar-refractivity contribution in [3.05, 3.63) is 64.7 Å². The number of para-hydroxylation sites is 1. The number of hydrogen-bond acceptors (Lipinski definition) is 5. The number of methoxy groups -OCH3 is 1. The van der Waals surface area contributed by atoms with Crippen LogP contribution in [0.4, 0.5) is 0 Å². The molecule has 0 amide bonds. The highest BCUT2D eigenvalue weighted by Gasteiger charge is 2.17. The second-order valence-electron chi connectivity index (χ2n) is 5.80. The molecule has 1 atom stereocenters. The van der Waals surface area contributed by atoms with E-state index in [1.807, 2.05) is 36.4 Å². The summed E-state index contributed by atoms with van der Waals surface area (Å²) in [6.07, 6.45) is 0. The number of thiazole rings is 1. The highest BCUT2D eigenvalue weighted by molar-refractivity contribution is 7.18. The van der Waals surface area contributed by atoms with Gasteiger partial charge in [0.05, 0.1) is 28.9 Å². The first kappa shape index (κ1) is 16.6. The lowest BCUT2D eigenvalue weighted by Gasteiger charge is -2.23. The van der Waals surface area contributed by atoms with Crippen LogP contribution in [0.15, 0.2) is 48.5 Å². The first-order valence-electron chi connectivity index (χ1n) is 7.81. The van der Waals surface area contributed by atoms with Crippen LogP contribution >= 0.6 is 11.3 Å². The van der Waals surface area contributed by atoms with Crippen LogP contribution in [-0.2, 0) is 11.3 Å². The number of nitrogens with zero attached hydrogens (tertiary/aromatic N) is 2. The van der Waals surface area contributed by atoms with E-state index in [2.05, 4.69) is 24.9 Å². The van der Waals surface area contributed by atoms with Gasteiger partial charge in [-0.05, 0) is 43.8 Å². The van der Waals surface area contributed by atoms with Gasteiger partial charge in [-0.2, -0.15) is 0 Å². The number of ether oxygens (including phenoxy) is 1. The Kier molecular flexibility index (Phi) is 4.92. The lowest BCUT2D eigenvalue weighted by Crippen LogP contribution is -2.22. The smallest absolute Gasteiger partial charge is 0.337 e. The molecule has 0 N–H and O–H groups in total. The van der Waals surface area contributed by atoms with Gasteiger partial charge in [0.15, 0.2) is 0 Å². The second-order valence-corrected chi connectivity index (χ2v) is 6.87. The average Bonchev–Trinajstić information content (AvgIpc) is 3.04. The van der Waals surface area contributed by atoms with Gasteiger partial charge < -0.3 is 4.74 Å². The fourth-order valence-electron chi connectivity index (χ4n) is 2.60. The number of carbonyl (C=O) groups excluding carboxylic acids is 1. The molecule has 0 fully saturated rings. The molecule has 124 valence electrons. The van der Waals surface area contributed by atoms with E-state index >= 15 is 0 Å². The van der Waals surface area contributed by atoms with Gasteiger partial charge in [0.1, 0.15) is 5.01 Å². The fraction of sp³-hybridized carbons (Fsp3) is 0.263. The maximum absolute atomic E-state index is 11.7. The Morgan fingerprint density at radius 1 is 1.25 bits per heavy atom. The van der Waals surface area contributed by atoms with E-state index in [1.165, 1.54) is 11.8 Å². The Morgan fingerprint density at radius 3 is 2.79 bits per heavy atom. The Bertz CT molecular complexity index is 826. The summed E-state index contributed by atoms with van der Waals surface area (Å²) in [5.74, 6) is -0.307. The van der Waals surface area contributed by atoms with Crippen molar-refractivity contribution in [3.63, 3.8) is 0 Å². The van der Waals surface area contributed by atoms with Gasteiger partial charge in [-0.15, -0.1) is 11.3 Å². The molecule has 5 heteroatoms. The standard InChI is InChI=1S/C19H20N2O2S/c1-13(18-20-16-9-4-5-10-17(16)24-18)21(2)12-14-7-6-8-15(11-14)19(22)23-3/h4-11,13H,12H2,1-3H3/t13-/m1/s1. The number of fused-ring (bicyclic) bond motifs is 1. The summed E-state index contributed by atoms with van der Waals surface area (Å²) in [6.45, 7) is 2.89. The SMILES string of the molecule is COC(=O)c1cccc(CN(C)[C@H](C)c2nc3ccccc3s2)c1. The van der Waals surface area contributed by atoms with Crippen LogP contribution in [-0.4, -0.2) is 30.0 Å². The molecule has 0 unspecified atom stereocenters. The molecule has 3 rings (SSSR count). The fourth-order valence-corrected chi connectivity index (χ4v) is 3.68. The van der Waals surface area contributed by atoms with Crippen molar-refractivity contribution in [2.24, 2.45) is 0 Å². The quantitative estimate of drug-likeness (QED) is 0.650. The van der Waals surface area contributed by atoms with Crippen molar-refractivity contribution in [3.8, 4) is 0 Å². The van der Waals surface area contributed by atoms with Gasteiger partial charge >= 0.3 is 5.97 Å². The monoisotopic (exact) mass is 340 g/mol. The van der Waals surface area contributed by atoms with Gasteiger partial charge in [-0.25, -0.2) is 9.78 Å². The topological polar surface area (TPSA) is 42.4 Å². The molecular formula is C19H20N2O2S. The predicted octanol–water partition coefficient (Wildman–Crippen LogP) is 4.28. The van der Waals surface area contributed by atoms with E-state index in [9.17, 15) is 4.79 Å². The van der Waals surface area contributed by atoms with E-state index in [-0.39, 0.29) is 12.0 Å². The first-order valence-corrected chi connectivity index (χ1v) is 8.63. The van der Waals surface area contributed by atoms with E-state index in [0.29, 0.717) is 5.56 Å². The van der Waals surface area contributed by atoms with Gasteiger partial charge in [0.25, 0.3) is 0 Å². The minimum atomic E-state index is -0.307. The summed E-state index contributed by atoms with van der Waals surface area (Å²) in [7, 11) is 3.47. The summed E-state index contributed by atoms with van der Waals surface area (Å²) in [5.41, 5.74) is 2.70. The molecule has 2 aromatic carbocycles. The molecule has 0 saturated heterocycles. The van der Waals surface area contributed by atoms with Gasteiger partial charge in [-0.1, -0.05) is 24.3 Å². The molecule has 0 aliphatic heterocycles. The van der Waals surface area contributed by atoms with E-state index < -0.39 is 0 Å². The van der Waals surface area contributed by atoms with Gasteiger partial charge in [0, 0.05) is 6.54 Å². The van der Waals surface area contributed by atoms with Crippen molar-refractivity contribution >= 4 is 27.5 Å². The summed E-state index contributed by atoms with van der Waals surface area (Å²) in [6, 6.07) is 16.0. The van der Waals surface area contributed by atoms with Crippen LogP contribution in [0.1, 0.15) is 33.9 Å². The maximum Gasteiger partial charge on any atom is 0.337 e. The molecule has 0 radical (unpaired) electrons. The summed E-state index contributed by atoms with van der Waals surface area (Å²) in [4.78, 5) is 18.6.